The zero-order valence-electron chi connectivity index (χ0n) is 14.2. The fourth-order valence-electron chi connectivity index (χ4n) is 3.48. The molecule has 0 aliphatic carbocycles. The van der Waals surface area contributed by atoms with Crippen molar-refractivity contribution in [2.45, 2.75) is 13.1 Å². The molecule has 0 fully saturated rings. The molecule has 0 atom stereocenters. The average molecular weight is 410 g/mol. The van der Waals surface area contributed by atoms with E-state index in [0.29, 0.717) is 24.2 Å². The van der Waals surface area contributed by atoms with Gasteiger partial charge in [-0.2, -0.15) is 0 Å². The van der Waals surface area contributed by atoms with E-state index in [1.54, 1.807) is 4.90 Å². The Bertz CT molecular complexity index is 1030. The van der Waals surface area contributed by atoms with E-state index >= 15 is 0 Å². The van der Waals surface area contributed by atoms with Crippen molar-refractivity contribution in [3.05, 3.63) is 81.3 Å². The summed E-state index contributed by atoms with van der Waals surface area (Å²) in [4.78, 5) is 27.3. The monoisotopic (exact) mass is 409 g/mol. The Balaban J connectivity index is 1.84. The van der Waals surface area contributed by atoms with E-state index in [9.17, 15) is 9.59 Å². The van der Waals surface area contributed by atoms with Crippen LogP contribution in [0.5, 0.6) is 0 Å². The first-order chi connectivity index (χ1) is 12.6. The SMILES string of the molecule is COC(=O)c1c2c(cc3ccc(Br)cc13)CN(Cc1ccccc1)C2=O. The first-order valence-electron chi connectivity index (χ1n) is 8.25. The molecule has 130 valence electrons. The van der Waals surface area contributed by atoms with Gasteiger partial charge in [-0.15, -0.1) is 0 Å². The summed E-state index contributed by atoms with van der Waals surface area (Å²) in [5, 5.41) is 1.64. The molecule has 5 heteroatoms. The van der Waals surface area contributed by atoms with E-state index in [1.165, 1.54) is 7.11 Å². The van der Waals surface area contributed by atoms with Crippen LogP contribution >= 0.6 is 15.9 Å². The van der Waals surface area contributed by atoms with Gasteiger partial charge in [-0.25, -0.2) is 4.79 Å². The molecule has 1 aliphatic rings. The van der Waals surface area contributed by atoms with E-state index in [2.05, 4.69) is 15.9 Å². The minimum absolute atomic E-state index is 0.133. The quantitative estimate of drug-likeness (QED) is 0.596. The molecule has 0 saturated heterocycles. The zero-order chi connectivity index (χ0) is 18.3. The Labute approximate surface area is 159 Å². The molecule has 0 aromatic heterocycles. The molecule has 3 aromatic rings. The average Bonchev–Trinajstić information content (AvgIpc) is 2.95. The number of fused-ring (bicyclic) bond motifs is 2. The van der Waals surface area contributed by atoms with Crippen LogP contribution < -0.4 is 0 Å². The summed E-state index contributed by atoms with van der Waals surface area (Å²) in [6.45, 7) is 0.994. The Hall–Kier alpha value is -2.66. The van der Waals surface area contributed by atoms with Gasteiger partial charge in [-0.05, 0) is 40.1 Å². The van der Waals surface area contributed by atoms with Gasteiger partial charge in [0.1, 0.15) is 0 Å². The van der Waals surface area contributed by atoms with Gasteiger partial charge in [0.05, 0.1) is 18.2 Å². The van der Waals surface area contributed by atoms with Crippen molar-refractivity contribution in [1.29, 1.82) is 0 Å². The molecule has 4 nitrogen and oxygen atoms in total. The van der Waals surface area contributed by atoms with E-state index in [0.717, 1.165) is 26.4 Å². The molecule has 3 aromatic carbocycles. The van der Waals surface area contributed by atoms with Crippen LogP contribution in [0.25, 0.3) is 10.8 Å². The number of hydrogen-bond donors (Lipinski definition) is 0. The van der Waals surface area contributed by atoms with Crippen LogP contribution in [0.2, 0.25) is 0 Å². The molecule has 0 spiro atoms. The highest BCUT2D eigenvalue weighted by molar-refractivity contribution is 9.10. The van der Waals surface area contributed by atoms with Crippen LogP contribution in [0, 0.1) is 0 Å². The largest absolute Gasteiger partial charge is 0.465 e. The molecular formula is C21H16BrNO3. The number of halogens is 1. The third-order valence-electron chi connectivity index (χ3n) is 4.65. The summed E-state index contributed by atoms with van der Waals surface area (Å²) >= 11 is 3.44. The number of ether oxygens (including phenoxy) is 1. The topological polar surface area (TPSA) is 46.6 Å². The molecule has 1 amide bonds. The summed E-state index contributed by atoms with van der Waals surface area (Å²) in [6, 6.07) is 17.6. The van der Waals surface area contributed by atoms with Crippen LogP contribution in [0.1, 0.15) is 31.8 Å². The van der Waals surface area contributed by atoms with Gasteiger partial charge in [-0.3, -0.25) is 4.79 Å². The maximum Gasteiger partial charge on any atom is 0.339 e. The highest BCUT2D eigenvalue weighted by Crippen LogP contribution is 2.35. The van der Waals surface area contributed by atoms with Gasteiger partial charge in [0, 0.05) is 17.6 Å². The summed E-state index contributed by atoms with van der Waals surface area (Å²) in [5.41, 5.74) is 2.72. The lowest BCUT2D eigenvalue weighted by Gasteiger charge is -2.15. The lowest BCUT2D eigenvalue weighted by Crippen LogP contribution is -2.24. The number of benzene rings is 3. The van der Waals surface area contributed by atoms with Crippen LogP contribution in [0.15, 0.2) is 59.1 Å². The lowest BCUT2D eigenvalue weighted by molar-refractivity contribution is 0.0595. The van der Waals surface area contributed by atoms with Gasteiger partial charge >= 0.3 is 5.97 Å². The van der Waals surface area contributed by atoms with Gasteiger partial charge in [-0.1, -0.05) is 52.3 Å². The van der Waals surface area contributed by atoms with Crippen molar-refractivity contribution in [1.82, 2.24) is 4.90 Å². The minimum atomic E-state index is -0.486. The summed E-state index contributed by atoms with van der Waals surface area (Å²) in [5.74, 6) is -0.619. The second-order valence-electron chi connectivity index (χ2n) is 6.29. The summed E-state index contributed by atoms with van der Waals surface area (Å²) < 4.78 is 5.84. The van der Waals surface area contributed by atoms with Crippen LogP contribution in [-0.2, 0) is 17.8 Å². The Morgan fingerprint density at radius 3 is 2.65 bits per heavy atom. The number of esters is 1. The number of carbonyl (C=O) groups is 2. The lowest BCUT2D eigenvalue weighted by atomic mass is 9.95. The fourth-order valence-corrected chi connectivity index (χ4v) is 3.84. The molecule has 0 N–H and O–H groups in total. The van der Waals surface area contributed by atoms with Crippen molar-refractivity contribution < 1.29 is 14.3 Å². The van der Waals surface area contributed by atoms with Crippen LogP contribution in [0.3, 0.4) is 0 Å². The van der Waals surface area contributed by atoms with E-state index in [4.69, 9.17) is 4.74 Å². The zero-order valence-corrected chi connectivity index (χ0v) is 15.7. The first kappa shape index (κ1) is 16.8. The maximum atomic E-state index is 13.1. The maximum absolute atomic E-state index is 13.1. The second-order valence-corrected chi connectivity index (χ2v) is 7.21. The number of amides is 1. The molecule has 26 heavy (non-hydrogen) atoms. The van der Waals surface area contributed by atoms with Crippen LogP contribution in [-0.4, -0.2) is 23.9 Å². The van der Waals surface area contributed by atoms with E-state index in [1.807, 2.05) is 54.6 Å². The predicted molar refractivity (Wildman–Crippen MR) is 103 cm³/mol. The Morgan fingerprint density at radius 1 is 1.15 bits per heavy atom. The smallest absolute Gasteiger partial charge is 0.339 e. The molecule has 0 bridgehead atoms. The minimum Gasteiger partial charge on any atom is -0.465 e. The molecule has 0 saturated carbocycles. The normalized spacial score (nSPS) is 13.2. The molecule has 4 rings (SSSR count). The summed E-state index contributed by atoms with van der Waals surface area (Å²) in [7, 11) is 1.34. The van der Waals surface area contributed by atoms with Gasteiger partial charge in [0.25, 0.3) is 5.91 Å². The van der Waals surface area contributed by atoms with E-state index in [-0.39, 0.29) is 5.91 Å². The van der Waals surface area contributed by atoms with Crippen LogP contribution in [0.4, 0.5) is 0 Å². The molecule has 0 unspecified atom stereocenters. The Kier molecular flexibility index (Phi) is 4.24. The number of methoxy groups -OCH3 is 1. The Morgan fingerprint density at radius 2 is 1.92 bits per heavy atom. The van der Waals surface area contributed by atoms with Crippen molar-refractivity contribution in [2.75, 3.05) is 7.11 Å². The molecule has 0 radical (unpaired) electrons. The highest BCUT2D eigenvalue weighted by Gasteiger charge is 2.34. The summed E-state index contributed by atoms with van der Waals surface area (Å²) in [6.07, 6.45) is 0. The van der Waals surface area contributed by atoms with Crippen molar-refractivity contribution in [3.8, 4) is 0 Å². The predicted octanol–water partition coefficient (Wildman–Crippen LogP) is 4.54. The van der Waals surface area contributed by atoms with Gasteiger partial charge in [0.2, 0.25) is 0 Å². The van der Waals surface area contributed by atoms with Crippen molar-refractivity contribution >= 4 is 38.6 Å². The number of carbonyl (C=O) groups excluding carboxylic acids is 2. The third kappa shape index (κ3) is 2.78. The fraction of sp³-hybridized carbons (Fsp3) is 0.143. The van der Waals surface area contributed by atoms with Gasteiger partial charge in [0.15, 0.2) is 0 Å². The first-order valence-corrected chi connectivity index (χ1v) is 9.04. The van der Waals surface area contributed by atoms with Crippen molar-refractivity contribution in [2.24, 2.45) is 0 Å². The molecular weight excluding hydrogens is 394 g/mol. The van der Waals surface area contributed by atoms with Gasteiger partial charge < -0.3 is 9.64 Å². The number of nitrogens with zero attached hydrogens (tertiary/aromatic N) is 1. The standard InChI is InChI=1S/C21H16BrNO3/c1-26-21(25)19-17-10-16(22)8-7-14(17)9-15-12-23(20(24)18(15)19)11-13-5-3-2-4-6-13/h2-10H,11-12H2,1H3. The number of rotatable bonds is 3. The number of hydrogen-bond acceptors (Lipinski definition) is 3. The second kappa shape index (κ2) is 6.57. The third-order valence-corrected chi connectivity index (χ3v) is 5.15. The van der Waals surface area contributed by atoms with Crippen molar-refractivity contribution in [3.63, 3.8) is 0 Å². The van der Waals surface area contributed by atoms with E-state index < -0.39 is 5.97 Å². The molecule has 1 aliphatic heterocycles. The highest BCUT2D eigenvalue weighted by atomic mass is 79.9. The molecule has 1 heterocycles.